The molecular weight excluding hydrogens is 310 g/mol. The largest absolute Gasteiger partial charge is 0.486 e. The van der Waals surface area contributed by atoms with Crippen molar-refractivity contribution >= 4 is 17.6 Å². The van der Waals surface area contributed by atoms with Gasteiger partial charge in [-0.2, -0.15) is 0 Å². The fourth-order valence-corrected chi connectivity index (χ4v) is 2.81. The number of urea groups is 1. The lowest BCUT2D eigenvalue weighted by molar-refractivity contribution is -0.117. The summed E-state index contributed by atoms with van der Waals surface area (Å²) in [7, 11) is 0. The van der Waals surface area contributed by atoms with Gasteiger partial charge in [-0.1, -0.05) is 6.92 Å². The Bertz CT molecular complexity index is 634. The van der Waals surface area contributed by atoms with Crippen molar-refractivity contribution in [3.63, 3.8) is 0 Å². The van der Waals surface area contributed by atoms with Crippen LogP contribution in [0.15, 0.2) is 18.2 Å². The molecule has 2 unspecified atom stereocenters. The molecule has 7 nitrogen and oxygen atoms in total. The second kappa shape index (κ2) is 6.98. The number of carbonyl (C=O) groups excluding carboxylic acids is 2. The summed E-state index contributed by atoms with van der Waals surface area (Å²) in [5.41, 5.74) is 0.760. The van der Waals surface area contributed by atoms with Gasteiger partial charge in [0.15, 0.2) is 11.5 Å². The van der Waals surface area contributed by atoms with Crippen molar-refractivity contribution in [1.82, 2.24) is 10.6 Å². The Labute approximate surface area is 141 Å². The van der Waals surface area contributed by atoms with Gasteiger partial charge in [-0.3, -0.25) is 4.79 Å². The van der Waals surface area contributed by atoms with Crippen LogP contribution in [0.25, 0.3) is 0 Å². The van der Waals surface area contributed by atoms with Crippen molar-refractivity contribution in [2.45, 2.75) is 38.8 Å². The van der Waals surface area contributed by atoms with E-state index >= 15 is 0 Å². The lowest BCUT2D eigenvalue weighted by Crippen LogP contribution is -2.46. The number of amides is 3. The van der Waals surface area contributed by atoms with E-state index in [1.54, 1.807) is 4.90 Å². The maximum atomic E-state index is 12.3. The van der Waals surface area contributed by atoms with E-state index in [0.717, 1.165) is 12.1 Å². The highest BCUT2D eigenvalue weighted by Crippen LogP contribution is 2.35. The van der Waals surface area contributed by atoms with Gasteiger partial charge < -0.3 is 25.0 Å². The average molecular weight is 333 g/mol. The first-order valence-electron chi connectivity index (χ1n) is 8.34. The number of ether oxygens (including phenoxy) is 2. The third-order valence-corrected chi connectivity index (χ3v) is 4.29. The van der Waals surface area contributed by atoms with Gasteiger partial charge in [0.2, 0.25) is 5.91 Å². The molecule has 7 heteroatoms. The molecule has 0 radical (unpaired) electrons. The van der Waals surface area contributed by atoms with Crippen LogP contribution in [0.1, 0.15) is 26.7 Å². The van der Waals surface area contributed by atoms with Crippen molar-refractivity contribution in [3.8, 4) is 11.5 Å². The molecule has 130 valence electrons. The van der Waals surface area contributed by atoms with Crippen LogP contribution in [0, 0.1) is 0 Å². The van der Waals surface area contributed by atoms with Crippen LogP contribution in [0.5, 0.6) is 11.5 Å². The number of nitrogens with zero attached hydrogens (tertiary/aromatic N) is 1. The van der Waals surface area contributed by atoms with Crippen LogP contribution in [0.4, 0.5) is 10.5 Å². The smallest absolute Gasteiger partial charge is 0.315 e. The summed E-state index contributed by atoms with van der Waals surface area (Å²) in [6.07, 6.45) is 1.16. The normalized spacial score (nSPS) is 20.7. The molecule has 24 heavy (non-hydrogen) atoms. The Morgan fingerprint density at radius 2 is 2.08 bits per heavy atom. The molecule has 0 bridgehead atoms. The molecule has 1 fully saturated rings. The van der Waals surface area contributed by atoms with Gasteiger partial charge in [-0.25, -0.2) is 4.79 Å². The number of fused-ring (bicyclic) bond motifs is 1. The van der Waals surface area contributed by atoms with Crippen molar-refractivity contribution in [2.75, 3.05) is 24.7 Å². The van der Waals surface area contributed by atoms with Gasteiger partial charge in [0, 0.05) is 30.8 Å². The predicted octanol–water partition coefficient (Wildman–Crippen LogP) is 1.66. The minimum atomic E-state index is -0.230. The number of hydrogen-bond acceptors (Lipinski definition) is 4. The topological polar surface area (TPSA) is 79.9 Å². The summed E-state index contributed by atoms with van der Waals surface area (Å²) in [5, 5.41) is 5.72. The molecule has 0 spiro atoms. The fraction of sp³-hybridized carbons (Fsp3) is 0.529. The van der Waals surface area contributed by atoms with Gasteiger partial charge in [0.1, 0.15) is 13.2 Å². The van der Waals surface area contributed by atoms with Crippen LogP contribution >= 0.6 is 0 Å². The van der Waals surface area contributed by atoms with E-state index < -0.39 is 0 Å². The van der Waals surface area contributed by atoms with E-state index in [4.69, 9.17) is 9.47 Å². The Morgan fingerprint density at radius 1 is 1.33 bits per heavy atom. The first-order chi connectivity index (χ1) is 11.6. The molecule has 0 aromatic heterocycles. The van der Waals surface area contributed by atoms with Gasteiger partial charge in [-0.05, 0) is 25.5 Å². The lowest BCUT2D eigenvalue weighted by Gasteiger charge is -2.22. The summed E-state index contributed by atoms with van der Waals surface area (Å²) < 4.78 is 11.1. The molecule has 3 amide bonds. The molecular formula is C17H23N3O4. The molecule has 1 saturated heterocycles. The minimum Gasteiger partial charge on any atom is -0.486 e. The summed E-state index contributed by atoms with van der Waals surface area (Å²) in [4.78, 5) is 25.9. The van der Waals surface area contributed by atoms with Crippen LogP contribution in [0.3, 0.4) is 0 Å². The lowest BCUT2D eigenvalue weighted by atomic mass is 10.2. The van der Waals surface area contributed by atoms with Gasteiger partial charge in [0.25, 0.3) is 0 Å². The van der Waals surface area contributed by atoms with Crippen LogP contribution < -0.4 is 25.0 Å². The third-order valence-electron chi connectivity index (χ3n) is 4.29. The van der Waals surface area contributed by atoms with Crippen LogP contribution in [0.2, 0.25) is 0 Å². The number of hydrogen-bond donors (Lipinski definition) is 2. The SMILES string of the molecule is CCC(C)NC(=O)NC1CC(=O)N(c2ccc3c(c2)OCCO3)C1. The Kier molecular flexibility index (Phi) is 4.78. The summed E-state index contributed by atoms with van der Waals surface area (Å²) >= 11 is 0. The molecule has 2 heterocycles. The molecule has 2 atom stereocenters. The maximum Gasteiger partial charge on any atom is 0.315 e. The number of benzene rings is 1. The molecule has 2 N–H and O–H groups in total. The highest BCUT2D eigenvalue weighted by atomic mass is 16.6. The third kappa shape index (κ3) is 3.55. The fourth-order valence-electron chi connectivity index (χ4n) is 2.81. The zero-order chi connectivity index (χ0) is 17.1. The average Bonchev–Trinajstić information content (AvgIpc) is 2.94. The first-order valence-corrected chi connectivity index (χ1v) is 8.34. The zero-order valence-corrected chi connectivity index (χ0v) is 14.0. The van der Waals surface area contributed by atoms with Crippen molar-refractivity contribution in [1.29, 1.82) is 0 Å². The quantitative estimate of drug-likeness (QED) is 0.878. The monoisotopic (exact) mass is 333 g/mol. The van der Waals surface area contributed by atoms with Crippen LogP contribution in [-0.2, 0) is 4.79 Å². The minimum absolute atomic E-state index is 0.0134. The highest BCUT2D eigenvalue weighted by Gasteiger charge is 2.32. The molecule has 2 aliphatic heterocycles. The van der Waals surface area contributed by atoms with Gasteiger partial charge in [0.05, 0.1) is 6.04 Å². The standard InChI is InChI=1S/C17H23N3O4/c1-3-11(2)18-17(22)19-12-8-16(21)20(10-12)13-4-5-14-15(9-13)24-7-6-23-14/h4-5,9,11-12H,3,6-8,10H2,1-2H3,(H2,18,19,22). The van der Waals surface area contributed by atoms with E-state index in [9.17, 15) is 9.59 Å². The molecule has 1 aromatic carbocycles. The second-order valence-corrected chi connectivity index (χ2v) is 6.16. The number of nitrogens with one attached hydrogen (secondary N) is 2. The van der Waals surface area contributed by atoms with E-state index in [1.165, 1.54) is 0 Å². The number of carbonyl (C=O) groups is 2. The first kappa shape index (κ1) is 16.4. The number of anilines is 1. The highest BCUT2D eigenvalue weighted by molar-refractivity contribution is 5.97. The van der Waals surface area contributed by atoms with Crippen LogP contribution in [-0.4, -0.2) is 43.8 Å². The molecule has 3 rings (SSSR count). The maximum absolute atomic E-state index is 12.3. The zero-order valence-electron chi connectivity index (χ0n) is 14.0. The predicted molar refractivity (Wildman–Crippen MR) is 89.6 cm³/mol. The summed E-state index contributed by atoms with van der Waals surface area (Å²) in [5.74, 6) is 1.33. The van der Waals surface area contributed by atoms with Crippen molar-refractivity contribution < 1.29 is 19.1 Å². The molecule has 2 aliphatic rings. The van der Waals surface area contributed by atoms with Gasteiger partial charge in [-0.15, -0.1) is 0 Å². The van der Waals surface area contributed by atoms with E-state index in [-0.39, 0.29) is 24.0 Å². The molecule has 1 aromatic rings. The molecule has 0 aliphatic carbocycles. The molecule has 0 saturated carbocycles. The second-order valence-electron chi connectivity index (χ2n) is 6.16. The van der Waals surface area contributed by atoms with Gasteiger partial charge >= 0.3 is 6.03 Å². The summed E-state index contributed by atoms with van der Waals surface area (Å²) in [6, 6.07) is 5.14. The Morgan fingerprint density at radius 3 is 2.83 bits per heavy atom. The van der Waals surface area contributed by atoms with Crippen molar-refractivity contribution in [2.24, 2.45) is 0 Å². The van der Waals surface area contributed by atoms with E-state index in [0.29, 0.717) is 37.7 Å². The van der Waals surface area contributed by atoms with E-state index in [1.807, 2.05) is 32.0 Å². The Balaban J connectivity index is 1.63. The van der Waals surface area contributed by atoms with E-state index in [2.05, 4.69) is 10.6 Å². The Hall–Kier alpha value is -2.44. The summed E-state index contributed by atoms with van der Waals surface area (Å²) in [6.45, 7) is 5.44. The van der Waals surface area contributed by atoms with Crippen molar-refractivity contribution in [3.05, 3.63) is 18.2 Å². The number of rotatable bonds is 4.